The Balaban J connectivity index is 1.35. The van der Waals surface area contributed by atoms with Crippen LogP contribution in [0.25, 0.3) is 11.0 Å². The maximum atomic E-state index is 12.0. The first-order valence-corrected chi connectivity index (χ1v) is 11.8. The summed E-state index contributed by atoms with van der Waals surface area (Å²) in [7, 11) is -0.977. The lowest BCUT2D eigenvalue weighted by Crippen LogP contribution is -2.29. The van der Waals surface area contributed by atoms with E-state index in [9.17, 15) is 8.42 Å². The van der Waals surface area contributed by atoms with Crippen LogP contribution in [0.15, 0.2) is 30.6 Å². The first kappa shape index (κ1) is 19.4. The largest absolute Gasteiger partial charge is 0.324 e. The molecular formula is C20H25N7O2S. The van der Waals surface area contributed by atoms with E-state index in [0.717, 1.165) is 30.6 Å². The lowest BCUT2D eigenvalue weighted by Gasteiger charge is -2.25. The smallest absolute Gasteiger partial charge is 0.229 e. The molecule has 2 aliphatic heterocycles. The van der Waals surface area contributed by atoms with E-state index in [1.165, 1.54) is 15.4 Å². The SMILES string of the molecule is CN1CCc2ccc(Nc3ncc4cnn(CCN5CCCS5(=O)=O)c4n3)cc2C1. The molecule has 0 aliphatic carbocycles. The van der Waals surface area contributed by atoms with Crippen molar-refractivity contribution < 1.29 is 8.42 Å². The van der Waals surface area contributed by atoms with Crippen molar-refractivity contribution >= 4 is 32.7 Å². The van der Waals surface area contributed by atoms with Gasteiger partial charge in [-0.1, -0.05) is 6.07 Å². The summed E-state index contributed by atoms with van der Waals surface area (Å²) in [5.41, 5.74) is 4.37. The van der Waals surface area contributed by atoms with Crippen LogP contribution in [0.4, 0.5) is 11.6 Å². The molecule has 0 unspecified atom stereocenters. The zero-order valence-corrected chi connectivity index (χ0v) is 17.8. The van der Waals surface area contributed by atoms with Crippen molar-refractivity contribution in [3.63, 3.8) is 0 Å². The second-order valence-corrected chi connectivity index (χ2v) is 10.1. The zero-order valence-electron chi connectivity index (χ0n) is 17.0. The van der Waals surface area contributed by atoms with Crippen molar-refractivity contribution in [2.45, 2.75) is 25.9 Å². The number of hydrogen-bond acceptors (Lipinski definition) is 7. The summed E-state index contributed by atoms with van der Waals surface area (Å²) in [6.07, 6.45) is 5.22. The van der Waals surface area contributed by atoms with E-state index < -0.39 is 10.0 Å². The fourth-order valence-electron chi connectivity index (χ4n) is 4.14. The lowest BCUT2D eigenvalue weighted by atomic mass is 9.99. The van der Waals surface area contributed by atoms with Gasteiger partial charge in [0.25, 0.3) is 0 Å². The van der Waals surface area contributed by atoms with Gasteiger partial charge in [-0.3, -0.25) is 0 Å². The summed E-state index contributed by atoms with van der Waals surface area (Å²) in [5, 5.41) is 8.51. The fourth-order valence-corrected chi connectivity index (χ4v) is 5.66. The van der Waals surface area contributed by atoms with Crippen LogP contribution < -0.4 is 5.32 Å². The van der Waals surface area contributed by atoms with Gasteiger partial charge in [-0.2, -0.15) is 10.1 Å². The Labute approximate surface area is 175 Å². The van der Waals surface area contributed by atoms with Gasteiger partial charge in [0.1, 0.15) is 0 Å². The normalized spacial score (nSPS) is 19.2. The van der Waals surface area contributed by atoms with Gasteiger partial charge in [0.2, 0.25) is 16.0 Å². The number of benzene rings is 1. The third kappa shape index (κ3) is 3.78. The third-order valence-electron chi connectivity index (χ3n) is 5.81. The van der Waals surface area contributed by atoms with Crippen LogP contribution in [0.2, 0.25) is 0 Å². The van der Waals surface area contributed by atoms with Crippen LogP contribution in [0.5, 0.6) is 0 Å². The van der Waals surface area contributed by atoms with Gasteiger partial charge in [-0.15, -0.1) is 0 Å². The highest BCUT2D eigenvalue weighted by Gasteiger charge is 2.27. The molecule has 0 spiro atoms. The number of aromatic nitrogens is 4. The average Bonchev–Trinajstić information content (AvgIpc) is 3.27. The highest BCUT2D eigenvalue weighted by molar-refractivity contribution is 7.89. The monoisotopic (exact) mass is 427 g/mol. The second-order valence-electron chi connectivity index (χ2n) is 8.01. The summed E-state index contributed by atoms with van der Waals surface area (Å²) in [6, 6.07) is 6.39. The first-order chi connectivity index (χ1) is 14.5. The van der Waals surface area contributed by atoms with Gasteiger partial charge in [0.05, 0.1) is 23.9 Å². The highest BCUT2D eigenvalue weighted by atomic mass is 32.2. The molecule has 0 bridgehead atoms. The van der Waals surface area contributed by atoms with Crippen LogP contribution in [0, 0.1) is 0 Å². The van der Waals surface area contributed by atoms with Crippen molar-refractivity contribution in [2.24, 2.45) is 0 Å². The van der Waals surface area contributed by atoms with Crippen LogP contribution >= 0.6 is 0 Å². The molecule has 0 saturated carbocycles. The number of sulfonamides is 1. The maximum Gasteiger partial charge on any atom is 0.229 e. The molecule has 1 N–H and O–H groups in total. The molecule has 3 aromatic rings. The first-order valence-electron chi connectivity index (χ1n) is 10.2. The van der Waals surface area contributed by atoms with Gasteiger partial charge < -0.3 is 10.2 Å². The number of hydrogen-bond donors (Lipinski definition) is 1. The van der Waals surface area contributed by atoms with E-state index in [-0.39, 0.29) is 5.75 Å². The molecule has 2 aromatic heterocycles. The van der Waals surface area contributed by atoms with Crippen LogP contribution in [0.1, 0.15) is 17.5 Å². The van der Waals surface area contributed by atoms with Crippen LogP contribution in [-0.4, -0.2) is 69.8 Å². The molecule has 5 rings (SSSR count). The van der Waals surface area contributed by atoms with Gasteiger partial charge in [-0.25, -0.2) is 22.4 Å². The molecule has 158 valence electrons. The Morgan fingerprint density at radius 2 is 2.03 bits per heavy atom. The number of likely N-dealkylation sites (N-methyl/N-ethyl adjacent to an activating group) is 1. The number of anilines is 2. The van der Waals surface area contributed by atoms with Crippen LogP contribution in [-0.2, 0) is 29.5 Å². The maximum absolute atomic E-state index is 12.0. The summed E-state index contributed by atoms with van der Waals surface area (Å²) in [6.45, 7) is 3.48. The minimum atomic E-state index is -3.11. The molecule has 2 aliphatic rings. The minimum absolute atomic E-state index is 0.236. The molecule has 0 atom stereocenters. The minimum Gasteiger partial charge on any atom is -0.324 e. The van der Waals surface area contributed by atoms with Crippen molar-refractivity contribution in [1.29, 1.82) is 0 Å². The molecule has 1 fully saturated rings. The summed E-state index contributed by atoms with van der Waals surface area (Å²) in [5.74, 6) is 0.738. The molecule has 0 amide bonds. The van der Waals surface area contributed by atoms with Gasteiger partial charge in [0.15, 0.2) is 5.65 Å². The molecule has 1 aromatic carbocycles. The van der Waals surface area contributed by atoms with E-state index in [0.29, 0.717) is 37.7 Å². The van der Waals surface area contributed by atoms with Crippen LogP contribution in [0.3, 0.4) is 0 Å². The van der Waals surface area contributed by atoms with Crippen molar-refractivity contribution in [2.75, 3.05) is 37.8 Å². The van der Waals surface area contributed by atoms with Gasteiger partial charge in [-0.05, 0) is 43.1 Å². The number of nitrogens with zero attached hydrogens (tertiary/aromatic N) is 6. The summed E-state index contributed by atoms with van der Waals surface area (Å²) >= 11 is 0. The lowest BCUT2D eigenvalue weighted by molar-refractivity contribution is 0.313. The van der Waals surface area contributed by atoms with E-state index in [4.69, 9.17) is 0 Å². The van der Waals surface area contributed by atoms with Gasteiger partial charge >= 0.3 is 0 Å². The molecule has 9 nitrogen and oxygen atoms in total. The molecule has 1 saturated heterocycles. The Morgan fingerprint density at radius 1 is 1.13 bits per heavy atom. The van der Waals surface area contributed by atoms with Crippen molar-refractivity contribution in [1.82, 2.24) is 29.0 Å². The molecule has 0 radical (unpaired) electrons. The molecule has 10 heteroatoms. The standard InChI is InChI=1S/C20H25N7O2S/c1-25-7-5-15-3-4-18(11-16(15)14-25)23-20-21-12-17-13-22-27(19(17)24-20)9-8-26-6-2-10-30(26,28)29/h3-4,11-13H,2,5-10,14H2,1H3,(H,21,23,24). The molecule has 30 heavy (non-hydrogen) atoms. The summed E-state index contributed by atoms with van der Waals surface area (Å²) in [4.78, 5) is 11.4. The number of rotatable bonds is 5. The topological polar surface area (TPSA) is 96.2 Å². The predicted octanol–water partition coefficient (Wildman–Crippen LogP) is 1.59. The highest BCUT2D eigenvalue weighted by Crippen LogP contribution is 2.24. The predicted molar refractivity (Wildman–Crippen MR) is 115 cm³/mol. The molecular weight excluding hydrogens is 402 g/mol. The fraction of sp³-hybridized carbons (Fsp3) is 0.450. The summed E-state index contributed by atoms with van der Waals surface area (Å²) < 4.78 is 27.3. The average molecular weight is 428 g/mol. The third-order valence-corrected chi connectivity index (χ3v) is 7.76. The Morgan fingerprint density at radius 3 is 2.87 bits per heavy atom. The zero-order chi connectivity index (χ0) is 20.7. The van der Waals surface area contributed by atoms with Crippen molar-refractivity contribution in [3.8, 4) is 0 Å². The van der Waals surface area contributed by atoms with E-state index in [2.05, 4.69) is 50.5 Å². The Bertz CT molecular complexity index is 1190. The number of nitrogens with one attached hydrogen (secondary N) is 1. The van der Waals surface area contributed by atoms with Gasteiger partial charge in [0, 0.05) is 38.1 Å². The Kier molecular flexibility index (Phi) is 4.92. The van der Waals surface area contributed by atoms with E-state index in [1.54, 1.807) is 17.1 Å². The van der Waals surface area contributed by atoms with E-state index >= 15 is 0 Å². The van der Waals surface area contributed by atoms with Crippen molar-refractivity contribution in [3.05, 3.63) is 41.7 Å². The van der Waals surface area contributed by atoms with E-state index in [1.807, 2.05) is 0 Å². The molecule has 4 heterocycles. The number of fused-ring (bicyclic) bond motifs is 2. The Hall–Kier alpha value is -2.56. The quantitative estimate of drug-likeness (QED) is 0.661. The second kappa shape index (κ2) is 7.60.